The molecule has 0 fully saturated rings. The van der Waals surface area contributed by atoms with Crippen LogP contribution >= 0.6 is 0 Å². The number of nitrogens with two attached hydrogens (primary N) is 1. The highest BCUT2D eigenvalue weighted by atomic mass is 16.2. The van der Waals surface area contributed by atoms with Crippen LogP contribution < -0.4 is 10.6 Å². The molecule has 1 heterocycles. The Morgan fingerprint density at radius 1 is 1.43 bits per heavy atom. The minimum absolute atomic E-state index is 0.0218. The van der Waals surface area contributed by atoms with Gasteiger partial charge in [0, 0.05) is 18.2 Å². The molecule has 0 saturated heterocycles. The van der Waals surface area contributed by atoms with Gasteiger partial charge in [-0.05, 0) is 12.1 Å². The lowest BCUT2D eigenvalue weighted by Crippen LogP contribution is -2.34. The summed E-state index contributed by atoms with van der Waals surface area (Å²) in [5.41, 5.74) is 8.41. The van der Waals surface area contributed by atoms with E-state index < -0.39 is 0 Å². The predicted octanol–water partition coefficient (Wildman–Crippen LogP) is 1.35. The molecular formula is C11H12N2O. The Balaban J connectivity index is 2.53. The molecule has 72 valence electrons. The van der Waals surface area contributed by atoms with Crippen molar-refractivity contribution in [1.82, 2.24) is 0 Å². The van der Waals surface area contributed by atoms with Gasteiger partial charge in [0.25, 0.3) is 0 Å². The van der Waals surface area contributed by atoms with Crippen molar-refractivity contribution in [3.05, 3.63) is 35.5 Å². The SMILES string of the molecule is CC(=O)N1CC(N)=Cc2ccccc21. The molecule has 1 amide bonds. The van der Waals surface area contributed by atoms with Crippen molar-refractivity contribution in [1.29, 1.82) is 0 Å². The summed E-state index contributed by atoms with van der Waals surface area (Å²) in [5, 5.41) is 0. The van der Waals surface area contributed by atoms with Crippen LogP contribution in [-0.4, -0.2) is 12.5 Å². The van der Waals surface area contributed by atoms with Crippen molar-refractivity contribution in [2.24, 2.45) is 5.73 Å². The van der Waals surface area contributed by atoms with Crippen molar-refractivity contribution < 1.29 is 4.79 Å². The molecule has 2 rings (SSSR count). The third-order valence-corrected chi connectivity index (χ3v) is 2.29. The number of hydrogen-bond donors (Lipinski definition) is 1. The molecule has 1 aliphatic rings. The van der Waals surface area contributed by atoms with Gasteiger partial charge in [-0.15, -0.1) is 0 Å². The molecular weight excluding hydrogens is 176 g/mol. The van der Waals surface area contributed by atoms with Crippen molar-refractivity contribution in [2.45, 2.75) is 6.92 Å². The van der Waals surface area contributed by atoms with E-state index in [4.69, 9.17) is 5.73 Å². The number of carbonyl (C=O) groups excluding carboxylic acids is 1. The average molecular weight is 188 g/mol. The molecule has 1 aliphatic heterocycles. The van der Waals surface area contributed by atoms with Crippen LogP contribution in [0.3, 0.4) is 0 Å². The Morgan fingerprint density at radius 2 is 2.14 bits per heavy atom. The number of benzene rings is 1. The summed E-state index contributed by atoms with van der Waals surface area (Å²) in [4.78, 5) is 13.0. The van der Waals surface area contributed by atoms with E-state index in [0.717, 1.165) is 16.9 Å². The van der Waals surface area contributed by atoms with Crippen LogP contribution in [0.4, 0.5) is 5.69 Å². The van der Waals surface area contributed by atoms with Gasteiger partial charge in [0.05, 0.1) is 12.2 Å². The maximum Gasteiger partial charge on any atom is 0.224 e. The third-order valence-electron chi connectivity index (χ3n) is 2.29. The summed E-state index contributed by atoms with van der Waals surface area (Å²) >= 11 is 0. The van der Waals surface area contributed by atoms with Crippen LogP contribution in [0.5, 0.6) is 0 Å². The predicted molar refractivity (Wildman–Crippen MR) is 56.6 cm³/mol. The van der Waals surface area contributed by atoms with Crippen molar-refractivity contribution >= 4 is 17.7 Å². The summed E-state index contributed by atoms with van der Waals surface area (Å²) < 4.78 is 0. The van der Waals surface area contributed by atoms with Gasteiger partial charge in [0.15, 0.2) is 0 Å². The lowest BCUT2D eigenvalue weighted by molar-refractivity contribution is -0.116. The van der Waals surface area contributed by atoms with Gasteiger partial charge in [-0.2, -0.15) is 0 Å². The van der Waals surface area contributed by atoms with Gasteiger partial charge in [-0.3, -0.25) is 4.79 Å². The Labute approximate surface area is 82.8 Å². The van der Waals surface area contributed by atoms with Gasteiger partial charge < -0.3 is 10.6 Å². The van der Waals surface area contributed by atoms with E-state index >= 15 is 0 Å². The first-order valence-corrected chi connectivity index (χ1v) is 4.51. The summed E-state index contributed by atoms with van der Waals surface area (Å²) in [5.74, 6) is 0.0218. The van der Waals surface area contributed by atoms with Crippen molar-refractivity contribution in [3.63, 3.8) is 0 Å². The van der Waals surface area contributed by atoms with Gasteiger partial charge in [0.1, 0.15) is 0 Å². The monoisotopic (exact) mass is 188 g/mol. The normalized spacial score (nSPS) is 14.6. The van der Waals surface area contributed by atoms with Gasteiger partial charge in [-0.25, -0.2) is 0 Å². The summed E-state index contributed by atoms with van der Waals surface area (Å²) in [7, 11) is 0. The van der Waals surface area contributed by atoms with E-state index in [1.807, 2.05) is 30.3 Å². The molecule has 3 heteroatoms. The number of fused-ring (bicyclic) bond motifs is 1. The average Bonchev–Trinajstić information content (AvgIpc) is 2.16. The molecule has 0 saturated carbocycles. The van der Waals surface area contributed by atoms with Crippen LogP contribution in [0.15, 0.2) is 30.0 Å². The summed E-state index contributed by atoms with van der Waals surface area (Å²) in [6.07, 6.45) is 1.91. The van der Waals surface area contributed by atoms with Crippen LogP contribution in [0.25, 0.3) is 6.08 Å². The smallest absolute Gasteiger partial charge is 0.224 e. The highest BCUT2D eigenvalue weighted by Gasteiger charge is 2.18. The second-order valence-corrected chi connectivity index (χ2v) is 3.38. The second kappa shape index (κ2) is 3.18. The van der Waals surface area contributed by atoms with E-state index in [2.05, 4.69) is 0 Å². The Hall–Kier alpha value is -1.77. The molecule has 0 aliphatic carbocycles. The zero-order chi connectivity index (χ0) is 10.1. The van der Waals surface area contributed by atoms with Crippen LogP contribution in [-0.2, 0) is 4.79 Å². The quantitative estimate of drug-likeness (QED) is 0.668. The van der Waals surface area contributed by atoms with Crippen LogP contribution in [0.2, 0.25) is 0 Å². The molecule has 0 atom stereocenters. The zero-order valence-electron chi connectivity index (χ0n) is 8.03. The maximum atomic E-state index is 11.4. The molecule has 0 unspecified atom stereocenters. The zero-order valence-corrected chi connectivity index (χ0v) is 8.03. The molecule has 1 aromatic rings. The molecule has 14 heavy (non-hydrogen) atoms. The fourth-order valence-electron chi connectivity index (χ4n) is 1.65. The third kappa shape index (κ3) is 1.37. The highest BCUT2D eigenvalue weighted by Crippen LogP contribution is 2.26. The molecule has 2 N–H and O–H groups in total. The van der Waals surface area contributed by atoms with Crippen molar-refractivity contribution in [3.8, 4) is 0 Å². The first-order chi connectivity index (χ1) is 6.68. The number of hydrogen-bond acceptors (Lipinski definition) is 2. The lowest BCUT2D eigenvalue weighted by Gasteiger charge is -2.27. The van der Waals surface area contributed by atoms with E-state index in [9.17, 15) is 4.79 Å². The minimum atomic E-state index is 0.0218. The largest absolute Gasteiger partial charge is 0.401 e. The number of anilines is 1. The number of para-hydroxylation sites is 1. The summed E-state index contributed by atoms with van der Waals surface area (Å²) in [6, 6.07) is 7.74. The first kappa shape index (κ1) is 8.81. The Bertz CT molecular complexity index is 410. The maximum absolute atomic E-state index is 11.4. The van der Waals surface area contributed by atoms with Crippen LogP contribution in [0.1, 0.15) is 12.5 Å². The lowest BCUT2D eigenvalue weighted by atomic mass is 10.1. The molecule has 0 radical (unpaired) electrons. The minimum Gasteiger partial charge on any atom is -0.401 e. The number of amides is 1. The van der Waals surface area contributed by atoms with Crippen LogP contribution in [0, 0.1) is 0 Å². The van der Waals surface area contributed by atoms with Crippen molar-refractivity contribution in [2.75, 3.05) is 11.4 Å². The van der Waals surface area contributed by atoms with Gasteiger partial charge in [-0.1, -0.05) is 18.2 Å². The van der Waals surface area contributed by atoms with E-state index in [-0.39, 0.29) is 5.91 Å². The number of nitrogens with zero attached hydrogens (tertiary/aromatic N) is 1. The standard InChI is InChI=1S/C11H12N2O/c1-8(14)13-7-10(12)6-9-4-2-3-5-11(9)13/h2-6H,7,12H2,1H3. The molecule has 3 nitrogen and oxygen atoms in total. The Morgan fingerprint density at radius 3 is 2.86 bits per heavy atom. The fraction of sp³-hybridized carbons (Fsp3) is 0.182. The van der Waals surface area contributed by atoms with E-state index in [1.165, 1.54) is 0 Å². The fourth-order valence-corrected chi connectivity index (χ4v) is 1.65. The van der Waals surface area contributed by atoms with Gasteiger partial charge in [0.2, 0.25) is 5.91 Å². The molecule has 1 aromatic carbocycles. The molecule has 0 aromatic heterocycles. The molecule has 0 bridgehead atoms. The first-order valence-electron chi connectivity index (χ1n) is 4.51. The number of rotatable bonds is 0. The second-order valence-electron chi connectivity index (χ2n) is 3.38. The molecule has 0 spiro atoms. The summed E-state index contributed by atoms with van der Waals surface area (Å²) in [6.45, 7) is 2.04. The van der Waals surface area contributed by atoms with Gasteiger partial charge >= 0.3 is 0 Å². The highest BCUT2D eigenvalue weighted by molar-refractivity contribution is 5.96. The van der Waals surface area contributed by atoms with E-state index in [1.54, 1.807) is 11.8 Å². The number of carbonyl (C=O) groups is 1. The topological polar surface area (TPSA) is 46.3 Å². The van der Waals surface area contributed by atoms with E-state index in [0.29, 0.717) is 6.54 Å². The Kier molecular flexibility index (Phi) is 2.00.